The molecular weight excluding hydrogens is 270 g/mol. The van der Waals surface area contributed by atoms with E-state index in [1.807, 2.05) is 6.34 Å². The fourth-order valence-electron chi connectivity index (χ4n) is 3.04. The van der Waals surface area contributed by atoms with Gasteiger partial charge >= 0.3 is 0 Å². The van der Waals surface area contributed by atoms with Crippen molar-refractivity contribution in [1.82, 2.24) is 10.4 Å². The zero-order chi connectivity index (χ0) is 15.7. The van der Waals surface area contributed by atoms with Crippen molar-refractivity contribution in [2.45, 2.75) is 96.8 Å². The van der Waals surface area contributed by atoms with E-state index in [0.717, 1.165) is 19.6 Å². The standard InChI is InChI=1S/C19H39N3/c1-2-3-4-5-6-7-8-9-10-11-12-13-14-15-16-21-22-18-17-20-19-22/h19,21H,2-18H2,1H3. The molecule has 1 rings (SSSR count). The number of hydrogen-bond donors (Lipinski definition) is 1. The van der Waals surface area contributed by atoms with Crippen LogP contribution >= 0.6 is 0 Å². The van der Waals surface area contributed by atoms with Crippen molar-refractivity contribution in [2.24, 2.45) is 4.99 Å². The van der Waals surface area contributed by atoms with Crippen LogP contribution in [0.3, 0.4) is 0 Å². The quantitative estimate of drug-likeness (QED) is 0.391. The van der Waals surface area contributed by atoms with Crippen LogP contribution in [0, 0.1) is 0 Å². The monoisotopic (exact) mass is 309 g/mol. The van der Waals surface area contributed by atoms with Crippen molar-refractivity contribution in [1.29, 1.82) is 0 Å². The second kappa shape index (κ2) is 15.3. The molecule has 130 valence electrons. The average molecular weight is 310 g/mol. The van der Waals surface area contributed by atoms with Gasteiger partial charge in [-0.3, -0.25) is 10.0 Å². The van der Waals surface area contributed by atoms with Gasteiger partial charge in [0.1, 0.15) is 0 Å². The average Bonchev–Trinajstić information content (AvgIpc) is 3.04. The third-order valence-electron chi connectivity index (χ3n) is 4.54. The second-order valence-electron chi connectivity index (χ2n) is 6.72. The van der Waals surface area contributed by atoms with Gasteiger partial charge in [-0.1, -0.05) is 90.4 Å². The van der Waals surface area contributed by atoms with Gasteiger partial charge in [0.2, 0.25) is 0 Å². The molecule has 0 aliphatic carbocycles. The second-order valence-corrected chi connectivity index (χ2v) is 6.72. The molecule has 0 radical (unpaired) electrons. The first-order valence-corrected chi connectivity index (χ1v) is 9.93. The largest absolute Gasteiger partial charge is 0.297 e. The summed E-state index contributed by atoms with van der Waals surface area (Å²) < 4.78 is 0. The summed E-state index contributed by atoms with van der Waals surface area (Å²) in [6.45, 7) is 5.38. The van der Waals surface area contributed by atoms with E-state index in [1.54, 1.807) is 0 Å². The SMILES string of the molecule is CCCCCCCCCCCCCCCCNN1C=NCC1. The van der Waals surface area contributed by atoms with Gasteiger partial charge in [-0.25, -0.2) is 5.43 Å². The molecule has 1 N–H and O–H groups in total. The minimum Gasteiger partial charge on any atom is -0.297 e. The Morgan fingerprint density at radius 2 is 1.27 bits per heavy atom. The Morgan fingerprint density at radius 3 is 1.73 bits per heavy atom. The van der Waals surface area contributed by atoms with Gasteiger partial charge in [-0.2, -0.15) is 0 Å². The zero-order valence-corrected chi connectivity index (χ0v) is 15.0. The Labute approximate surface area is 138 Å². The van der Waals surface area contributed by atoms with Gasteiger partial charge < -0.3 is 0 Å². The lowest BCUT2D eigenvalue weighted by molar-refractivity contribution is 0.336. The molecule has 0 bridgehead atoms. The maximum absolute atomic E-state index is 4.19. The van der Waals surface area contributed by atoms with Crippen LogP contribution in [-0.2, 0) is 0 Å². The van der Waals surface area contributed by atoms with Crippen LogP contribution in [0.2, 0.25) is 0 Å². The van der Waals surface area contributed by atoms with Crippen molar-refractivity contribution in [3.8, 4) is 0 Å². The molecule has 3 heteroatoms. The number of hydrogen-bond acceptors (Lipinski definition) is 3. The van der Waals surface area contributed by atoms with Crippen LogP contribution in [0.15, 0.2) is 4.99 Å². The number of aliphatic imine (C=N–C) groups is 1. The lowest BCUT2D eigenvalue weighted by atomic mass is 10.0. The smallest absolute Gasteiger partial charge is 0.0993 e. The van der Waals surface area contributed by atoms with Crippen LogP contribution in [0.1, 0.15) is 96.8 Å². The molecule has 0 saturated heterocycles. The van der Waals surface area contributed by atoms with Crippen molar-refractivity contribution in [3.05, 3.63) is 0 Å². The van der Waals surface area contributed by atoms with Gasteiger partial charge in [0.05, 0.1) is 19.4 Å². The van der Waals surface area contributed by atoms with Crippen molar-refractivity contribution in [3.63, 3.8) is 0 Å². The Bertz CT molecular complexity index is 253. The highest BCUT2D eigenvalue weighted by Gasteiger charge is 2.02. The van der Waals surface area contributed by atoms with Crippen molar-refractivity contribution >= 4 is 6.34 Å². The summed E-state index contributed by atoms with van der Waals surface area (Å²) in [7, 11) is 0. The highest BCUT2D eigenvalue weighted by molar-refractivity contribution is 5.56. The fraction of sp³-hybridized carbons (Fsp3) is 0.947. The molecular formula is C19H39N3. The topological polar surface area (TPSA) is 27.6 Å². The summed E-state index contributed by atoms with van der Waals surface area (Å²) in [4.78, 5) is 4.19. The van der Waals surface area contributed by atoms with E-state index < -0.39 is 0 Å². The summed E-state index contributed by atoms with van der Waals surface area (Å²) in [6, 6.07) is 0. The molecule has 0 spiro atoms. The van der Waals surface area contributed by atoms with E-state index in [1.165, 1.54) is 89.9 Å². The number of nitrogens with zero attached hydrogens (tertiary/aromatic N) is 2. The van der Waals surface area contributed by atoms with Gasteiger partial charge in [0, 0.05) is 6.54 Å². The first kappa shape index (κ1) is 19.5. The summed E-state index contributed by atoms with van der Waals surface area (Å²) in [5, 5.41) is 2.11. The van der Waals surface area contributed by atoms with Gasteiger partial charge in [-0.05, 0) is 6.42 Å². The van der Waals surface area contributed by atoms with Crippen LogP contribution < -0.4 is 5.43 Å². The Hall–Kier alpha value is -0.570. The minimum absolute atomic E-state index is 0.950. The third kappa shape index (κ3) is 12.0. The van der Waals surface area contributed by atoms with Crippen LogP contribution in [-0.4, -0.2) is 31.0 Å². The molecule has 0 atom stereocenters. The van der Waals surface area contributed by atoms with Crippen molar-refractivity contribution < 1.29 is 0 Å². The third-order valence-corrected chi connectivity index (χ3v) is 4.54. The molecule has 0 saturated carbocycles. The molecule has 1 aliphatic heterocycles. The Balaban J connectivity index is 1.65. The number of nitrogens with one attached hydrogen (secondary N) is 1. The molecule has 0 aromatic heterocycles. The fourth-order valence-corrected chi connectivity index (χ4v) is 3.04. The molecule has 0 amide bonds. The first-order chi connectivity index (χ1) is 10.9. The number of unbranched alkanes of at least 4 members (excludes halogenated alkanes) is 13. The minimum atomic E-state index is 0.950. The van der Waals surface area contributed by atoms with Gasteiger partial charge in [-0.15, -0.1) is 0 Å². The predicted octanol–water partition coefficient (Wildman–Crippen LogP) is 5.32. The molecule has 0 aromatic rings. The van der Waals surface area contributed by atoms with Gasteiger partial charge in [0.15, 0.2) is 0 Å². The molecule has 0 fully saturated rings. The lowest BCUT2D eigenvalue weighted by Gasteiger charge is -2.14. The highest BCUT2D eigenvalue weighted by atomic mass is 15.5. The maximum atomic E-state index is 4.19. The van der Waals surface area contributed by atoms with Gasteiger partial charge in [0.25, 0.3) is 0 Å². The van der Waals surface area contributed by atoms with Crippen molar-refractivity contribution in [2.75, 3.05) is 19.6 Å². The Kier molecular flexibility index (Phi) is 13.6. The van der Waals surface area contributed by atoms with E-state index in [9.17, 15) is 0 Å². The van der Waals surface area contributed by atoms with Crippen LogP contribution in [0.4, 0.5) is 0 Å². The molecule has 1 heterocycles. The summed E-state index contributed by atoms with van der Waals surface area (Å²) in [5.74, 6) is 0. The van der Waals surface area contributed by atoms with E-state index in [-0.39, 0.29) is 0 Å². The maximum Gasteiger partial charge on any atom is 0.0993 e. The number of hydrazine groups is 1. The highest BCUT2D eigenvalue weighted by Crippen LogP contribution is 2.12. The molecule has 1 aliphatic rings. The first-order valence-electron chi connectivity index (χ1n) is 9.93. The Morgan fingerprint density at radius 1 is 0.773 bits per heavy atom. The predicted molar refractivity (Wildman–Crippen MR) is 98.4 cm³/mol. The summed E-state index contributed by atoms with van der Waals surface area (Å²) in [6.07, 6.45) is 21.9. The molecule has 0 aromatic carbocycles. The van der Waals surface area contributed by atoms with Crippen LogP contribution in [0.5, 0.6) is 0 Å². The summed E-state index contributed by atoms with van der Waals surface area (Å²) in [5.41, 5.74) is 3.41. The van der Waals surface area contributed by atoms with E-state index in [2.05, 4.69) is 22.4 Å². The number of rotatable bonds is 16. The summed E-state index contributed by atoms with van der Waals surface area (Å²) >= 11 is 0. The van der Waals surface area contributed by atoms with E-state index in [0.29, 0.717) is 0 Å². The normalized spacial score (nSPS) is 14.1. The zero-order valence-electron chi connectivity index (χ0n) is 15.0. The van der Waals surface area contributed by atoms with E-state index >= 15 is 0 Å². The molecule has 3 nitrogen and oxygen atoms in total. The van der Waals surface area contributed by atoms with E-state index in [4.69, 9.17) is 0 Å². The molecule has 22 heavy (non-hydrogen) atoms. The lowest BCUT2D eigenvalue weighted by Crippen LogP contribution is -2.35. The van der Waals surface area contributed by atoms with Crippen LogP contribution in [0.25, 0.3) is 0 Å². The molecule has 0 unspecified atom stereocenters.